The van der Waals surface area contributed by atoms with Gasteiger partial charge in [0.1, 0.15) is 5.75 Å². The van der Waals surface area contributed by atoms with Crippen molar-refractivity contribution in [2.45, 2.75) is 71.9 Å². The van der Waals surface area contributed by atoms with Crippen molar-refractivity contribution in [1.82, 2.24) is 19.8 Å². The van der Waals surface area contributed by atoms with Crippen LogP contribution in [-0.2, 0) is 19.5 Å². The van der Waals surface area contributed by atoms with Crippen molar-refractivity contribution in [2.75, 3.05) is 19.7 Å². The quantitative estimate of drug-likeness (QED) is 0.447. The van der Waals surface area contributed by atoms with E-state index in [-0.39, 0.29) is 11.8 Å². The summed E-state index contributed by atoms with van der Waals surface area (Å²) in [5, 5.41) is 7.27. The Morgan fingerprint density at radius 2 is 2.00 bits per heavy atom. The molecule has 1 aliphatic heterocycles. The van der Waals surface area contributed by atoms with Crippen molar-refractivity contribution >= 4 is 17.4 Å². The Morgan fingerprint density at radius 1 is 1.14 bits per heavy atom. The molecule has 0 aliphatic carbocycles. The first kappa shape index (κ1) is 26.3. The summed E-state index contributed by atoms with van der Waals surface area (Å²) in [6.45, 7) is 10.8. The standard InChI is InChI=1S/C29H38N4O2S/c1-4-13-33-14-6-5-7-15-35-26-12-11-24(18-25(26)17-22-9-8-10-23(16-22)20-33)29(34)30-19-27-28(21(2)3)31-32-36-27/h8-12,16,18,21H,4-7,13-15,17,19-20H2,1-3H3,(H,30,34). The maximum absolute atomic E-state index is 13.0. The average molecular weight is 507 g/mol. The van der Waals surface area contributed by atoms with Crippen molar-refractivity contribution < 1.29 is 9.53 Å². The molecule has 0 fully saturated rings. The van der Waals surface area contributed by atoms with Gasteiger partial charge in [0.15, 0.2) is 0 Å². The highest BCUT2D eigenvalue weighted by Gasteiger charge is 2.16. The molecule has 1 amide bonds. The number of carbonyl (C=O) groups is 1. The maximum atomic E-state index is 13.0. The third-order valence-electron chi connectivity index (χ3n) is 6.57. The van der Waals surface area contributed by atoms with Crippen LogP contribution in [0.4, 0.5) is 0 Å². The number of aromatic nitrogens is 2. The highest BCUT2D eigenvalue weighted by Crippen LogP contribution is 2.26. The SMILES string of the molecule is CCCN1CCCCCOc2ccc(C(=O)NCc3snnc3C(C)C)cc2Cc2cccc(c2)C1. The van der Waals surface area contributed by atoms with E-state index >= 15 is 0 Å². The zero-order chi connectivity index (χ0) is 25.3. The molecule has 192 valence electrons. The lowest BCUT2D eigenvalue weighted by molar-refractivity contribution is 0.0951. The van der Waals surface area contributed by atoms with Crippen LogP contribution in [0.2, 0.25) is 0 Å². The summed E-state index contributed by atoms with van der Waals surface area (Å²) >= 11 is 1.35. The molecule has 0 unspecified atom stereocenters. The molecule has 0 atom stereocenters. The van der Waals surface area contributed by atoms with Crippen LogP contribution in [0.15, 0.2) is 42.5 Å². The van der Waals surface area contributed by atoms with Crippen molar-refractivity contribution in [3.8, 4) is 5.75 Å². The molecule has 36 heavy (non-hydrogen) atoms. The molecule has 2 heterocycles. The van der Waals surface area contributed by atoms with E-state index in [0.29, 0.717) is 18.7 Å². The summed E-state index contributed by atoms with van der Waals surface area (Å²) in [5.41, 5.74) is 5.22. The van der Waals surface area contributed by atoms with E-state index in [1.54, 1.807) is 0 Å². The summed E-state index contributed by atoms with van der Waals surface area (Å²) in [7, 11) is 0. The normalized spacial score (nSPS) is 15.1. The highest BCUT2D eigenvalue weighted by atomic mass is 32.1. The lowest BCUT2D eigenvalue weighted by Gasteiger charge is -2.22. The number of amides is 1. The summed E-state index contributed by atoms with van der Waals surface area (Å²) in [6, 6.07) is 14.6. The Bertz CT molecular complexity index is 1140. The van der Waals surface area contributed by atoms with E-state index in [4.69, 9.17) is 4.74 Å². The van der Waals surface area contributed by atoms with Gasteiger partial charge in [-0.1, -0.05) is 49.5 Å². The van der Waals surface area contributed by atoms with Gasteiger partial charge in [0, 0.05) is 18.5 Å². The Hall–Kier alpha value is -2.77. The largest absolute Gasteiger partial charge is 0.493 e. The summed E-state index contributed by atoms with van der Waals surface area (Å²) in [6.07, 6.45) is 5.27. The minimum atomic E-state index is -0.0933. The monoisotopic (exact) mass is 506 g/mol. The molecule has 1 N–H and O–H groups in total. The summed E-state index contributed by atoms with van der Waals surface area (Å²) < 4.78 is 10.3. The summed E-state index contributed by atoms with van der Waals surface area (Å²) in [4.78, 5) is 16.6. The molecule has 2 aromatic carbocycles. The number of hydrogen-bond acceptors (Lipinski definition) is 6. The van der Waals surface area contributed by atoms with Crippen molar-refractivity contribution in [3.05, 3.63) is 75.3 Å². The van der Waals surface area contributed by atoms with Gasteiger partial charge in [0.2, 0.25) is 0 Å². The lowest BCUT2D eigenvalue weighted by atomic mass is 9.99. The summed E-state index contributed by atoms with van der Waals surface area (Å²) in [5.74, 6) is 1.06. The minimum absolute atomic E-state index is 0.0933. The lowest BCUT2D eigenvalue weighted by Crippen LogP contribution is -2.25. The average Bonchev–Trinajstić information content (AvgIpc) is 3.34. The molecule has 7 heteroatoms. The third-order valence-corrected chi connectivity index (χ3v) is 7.31. The van der Waals surface area contributed by atoms with Gasteiger partial charge >= 0.3 is 0 Å². The van der Waals surface area contributed by atoms with Gasteiger partial charge < -0.3 is 10.1 Å². The van der Waals surface area contributed by atoms with E-state index < -0.39 is 0 Å². The fraction of sp³-hybridized carbons (Fsp3) is 0.483. The topological polar surface area (TPSA) is 67.3 Å². The van der Waals surface area contributed by atoms with Gasteiger partial charge in [-0.25, -0.2) is 0 Å². The van der Waals surface area contributed by atoms with E-state index in [0.717, 1.165) is 60.8 Å². The Morgan fingerprint density at radius 3 is 2.83 bits per heavy atom. The van der Waals surface area contributed by atoms with Crippen LogP contribution < -0.4 is 10.1 Å². The highest BCUT2D eigenvalue weighted by molar-refractivity contribution is 7.05. The molecule has 1 aliphatic rings. The molecule has 3 aromatic rings. The predicted octanol–water partition coefficient (Wildman–Crippen LogP) is 5.96. The van der Waals surface area contributed by atoms with Gasteiger partial charge in [-0.3, -0.25) is 9.69 Å². The molecule has 1 aromatic heterocycles. The van der Waals surface area contributed by atoms with Gasteiger partial charge in [0.05, 0.1) is 23.7 Å². The second kappa shape index (κ2) is 13.0. The maximum Gasteiger partial charge on any atom is 0.251 e. The second-order valence-corrected chi connectivity index (χ2v) is 10.8. The van der Waals surface area contributed by atoms with Crippen LogP contribution in [-0.4, -0.2) is 40.1 Å². The van der Waals surface area contributed by atoms with Crippen LogP contribution >= 0.6 is 11.5 Å². The molecule has 4 rings (SSSR count). The number of ether oxygens (including phenoxy) is 1. The molecule has 0 saturated carbocycles. The van der Waals surface area contributed by atoms with Gasteiger partial charge in [0.25, 0.3) is 5.91 Å². The molecular weight excluding hydrogens is 468 g/mol. The smallest absolute Gasteiger partial charge is 0.251 e. The Balaban J connectivity index is 1.54. The minimum Gasteiger partial charge on any atom is -0.493 e. The molecular formula is C29H38N4O2S. The molecule has 0 saturated heterocycles. The molecule has 0 radical (unpaired) electrons. The molecule has 6 nitrogen and oxygen atoms in total. The zero-order valence-electron chi connectivity index (χ0n) is 21.8. The van der Waals surface area contributed by atoms with E-state index in [1.807, 2.05) is 18.2 Å². The first-order valence-corrected chi connectivity index (χ1v) is 14.0. The van der Waals surface area contributed by atoms with E-state index in [2.05, 4.69) is 64.8 Å². The molecule has 2 bridgehead atoms. The number of carbonyl (C=O) groups excluding carboxylic acids is 1. The number of nitrogens with one attached hydrogen (secondary N) is 1. The number of hydrogen-bond donors (Lipinski definition) is 1. The predicted molar refractivity (Wildman–Crippen MR) is 146 cm³/mol. The van der Waals surface area contributed by atoms with Crippen LogP contribution in [0.25, 0.3) is 0 Å². The number of rotatable bonds is 6. The molecule has 0 spiro atoms. The van der Waals surface area contributed by atoms with E-state index in [1.165, 1.54) is 35.5 Å². The van der Waals surface area contributed by atoms with Crippen LogP contribution in [0, 0.1) is 0 Å². The van der Waals surface area contributed by atoms with Crippen molar-refractivity contribution in [2.24, 2.45) is 0 Å². The van der Waals surface area contributed by atoms with Crippen LogP contribution in [0.1, 0.15) is 90.0 Å². The number of fused-ring (bicyclic) bond motifs is 3. The zero-order valence-corrected chi connectivity index (χ0v) is 22.6. The van der Waals surface area contributed by atoms with Crippen LogP contribution in [0.5, 0.6) is 5.75 Å². The Kier molecular flexibility index (Phi) is 9.47. The first-order chi connectivity index (χ1) is 17.5. The first-order valence-electron chi connectivity index (χ1n) is 13.2. The third kappa shape index (κ3) is 7.14. The van der Waals surface area contributed by atoms with E-state index in [9.17, 15) is 4.79 Å². The number of nitrogens with zero attached hydrogens (tertiary/aromatic N) is 3. The Labute approximate surface area is 219 Å². The van der Waals surface area contributed by atoms with Crippen molar-refractivity contribution in [1.29, 1.82) is 0 Å². The van der Waals surface area contributed by atoms with Gasteiger partial charge in [-0.05, 0) is 91.1 Å². The fourth-order valence-corrected chi connectivity index (χ4v) is 5.47. The van der Waals surface area contributed by atoms with Crippen LogP contribution in [0.3, 0.4) is 0 Å². The van der Waals surface area contributed by atoms with Gasteiger partial charge in [-0.2, -0.15) is 0 Å². The van der Waals surface area contributed by atoms with Crippen molar-refractivity contribution in [3.63, 3.8) is 0 Å². The number of benzene rings is 2. The fourth-order valence-electron chi connectivity index (χ4n) is 4.74. The van der Waals surface area contributed by atoms with Gasteiger partial charge in [-0.15, -0.1) is 5.10 Å². The second-order valence-electron chi connectivity index (χ2n) is 9.92.